The van der Waals surface area contributed by atoms with Gasteiger partial charge in [0.15, 0.2) is 11.5 Å². The number of halogens is 1. The summed E-state index contributed by atoms with van der Waals surface area (Å²) in [6.07, 6.45) is 2.71. The second-order valence-corrected chi connectivity index (χ2v) is 5.79. The van der Waals surface area contributed by atoms with Crippen LogP contribution < -0.4 is 14.9 Å². The van der Waals surface area contributed by atoms with E-state index in [1.165, 1.54) is 0 Å². The van der Waals surface area contributed by atoms with Crippen molar-refractivity contribution in [1.82, 2.24) is 5.43 Å². The molecule has 0 atom stereocenters. The minimum atomic E-state index is -0.199. The molecule has 2 rings (SSSR count). The van der Waals surface area contributed by atoms with E-state index >= 15 is 0 Å². The quantitative estimate of drug-likeness (QED) is 0.575. The monoisotopic (exact) mass is 360 g/mol. The summed E-state index contributed by atoms with van der Waals surface area (Å²) in [7, 11) is 1.60. The summed E-state index contributed by atoms with van der Waals surface area (Å²) >= 11 is 5.82. The Kier molecular flexibility index (Phi) is 7.29. The topological polar surface area (TPSA) is 59.9 Å². The Morgan fingerprint density at radius 3 is 2.64 bits per heavy atom. The van der Waals surface area contributed by atoms with Crippen molar-refractivity contribution < 1.29 is 14.3 Å². The van der Waals surface area contributed by atoms with Crippen molar-refractivity contribution in [2.24, 2.45) is 5.10 Å². The molecule has 2 aromatic carbocycles. The first-order valence-corrected chi connectivity index (χ1v) is 8.37. The fourth-order valence-corrected chi connectivity index (χ4v) is 2.23. The van der Waals surface area contributed by atoms with Gasteiger partial charge in [0.1, 0.15) is 0 Å². The number of benzene rings is 2. The predicted octanol–water partition coefficient (Wildman–Crippen LogP) is 3.83. The van der Waals surface area contributed by atoms with E-state index in [0.717, 1.165) is 17.5 Å². The summed E-state index contributed by atoms with van der Waals surface area (Å²) in [5, 5.41) is 4.63. The molecule has 0 spiro atoms. The molecule has 0 saturated heterocycles. The van der Waals surface area contributed by atoms with Crippen LogP contribution in [0.3, 0.4) is 0 Å². The molecule has 0 bridgehead atoms. The summed E-state index contributed by atoms with van der Waals surface area (Å²) in [4.78, 5) is 11.9. The molecule has 0 aliphatic rings. The summed E-state index contributed by atoms with van der Waals surface area (Å²) in [6, 6.07) is 12.6. The first-order valence-electron chi connectivity index (χ1n) is 7.99. The van der Waals surface area contributed by atoms with E-state index < -0.39 is 0 Å². The number of amides is 1. The van der Waals surface area contributed by atoms with E-state index in [4.69, 9.17) is 21.1 Å². The van der Waals surface area contributed by atoms with Gasteiger partial charge in [0.2, 0.25) is 5.91 Å². The molecule has 0 aliphatic heterocycles. The van der Waals surface area contributed by atoms with E-state index in [1.54, 1.807) is 25.5 Å². The van der Waals surface area contributed by atoms with Crippen molar-refractivity contribution in [2.45, 2.75) is 19.8 Å². The van der Waals surface area contributed by atoms with Gasteiger partial charge < -0.3 is 9.47 Å². The van der Waals surface area contributed by atoms with Gasteiger partial charge in [-0.15, -0.1) is 0 Å². The van der Waals surface area contributed by atoms with Gasteiger partial charge in [-0.25, -0.2) is 5.43 Å². The number of ether oxygens (including phenoxy) is 2. The molecule has 0 radical (unpaired) electrons. The van der Waals surface area contributed by atoms with E-state index in [-0.39, 0.29) is 12.3 Å². The first kappa shape index (κ1) is 18.8. The smallest absolute Gasteiger partial charge is 0.244 e. The molecule has 0 fully saturated rings. The highest BCUT2D eigenvalue weighted by Crippen LogP contribution is 2.27. The molecule has 2 aromatic rings. The van der Waals surface area contributed by atoms with Gasteiger partial charge in [0.05, 0.1) is 26.4 Å². The molecule has 25 heavy (non-hydrogen) atoms. The predicted molar refractivity (Wildman–Crippen MR) is 99.7 cm³/mol. The van der Waals surface area contributed by atoms with Crippen LogP contribution >= 0.6 is 11.6 Å². The van der Waals surface area contributed by atoms with Crippen molar-refractivity contribution in [3.8, 4) is 11.5 Å². The van der Waals surface area contributed by atoms with Crippen LogP contribution in [-0.4, -0.2) is 25.8 Å². The Hall–Kier alpha value is -2.53. The fraction of sp³-hybridized carbons (Fsp3) is 0.263. The first-order chi connectivity index (χ1) is 12.1. The molecular formula is C19H21ClN2O3. The zero-order valence-electron chi connectivity index (χ0n) is 14.3. The average molecular weight is 361 g/mol. The summed E-state index contributed by atoms with van der Waals surface area (Å²) in [5.41, 5.74) is 4.19. The number of carbonyl (C=O) groups excluding carboxylic acids is 1. The molecule has 0 aliphatic carbocycles. The van der Waals surface area contributed by atoms with Crippen molar-refractivity contribution in [3.63, 3.8) is 0 Å². The van der Waals surface area contributed by atoms with Gasteiger partial charge in [0.25, 0.3) is 0 Å². The zero-order chi connectivity index (χ0) is 18.1. The number of carbonyl (C=O) groups is 1. The van der Waals surface area contributed by atoms with Crippen LogP contribution in [0.2, 0.25) is 5.02 Å². The number of hydrogen-bond donors (Lipinski definition) is 1. The molecule has 5 nitrogen and oxygen atoms in total. The number of hydrogen-bond acceptors (Lipinski definition) is 4. The van der Waals surface area contributed by atoms with Crippen LogP contribution in [0.25, 0.3) is 0 Å². The van der Waals surface area contributed by atoms with Crippen LogP contribution in [0.4, 0.5) is 0 Å². The minimum Gasteiger partial charge on any atom is -0.493 e. The normalized spacial score (nSPS) is 10.7. The van der Waals surface area contributed by atoms with Crippen LogP contribution in [0, 0.1) is 0 Å². The minimum absolute atomic E-state index is 0.199. The molecule has 132 valence electrons. The van der Waals surface area contributed by atoms with E-state index in [0.29, 0.717) is 23.1 Å². The van der Waals surface area contributed by atoms with Gasteiger partial charge >= 0.3 is 0 Å². The molecule has 1 amide bonds. The van der Waals surface area contributed by atoms with Crippen LogP contribution in [0.15, 0.2) is 47.6 Å². The summed E-state index contributed by atoms with van der Waals surface area (Å²) in [5.74, 6) is 1.12. The fourth-order valence-electron chi connectivity index (χ4n) is 2.10. The highest BCUT2D eigenvalue weighted by molar-refractivity contribution is 6.30. The standard InChI is InChI=1S/C19H21ClN2O3/c1-3-10-25-18-11-15(6-9-17(18)24-2)13-21-22-19(23)12-14-4-7-16(20)8-5-14/h4-9,11,13H,3,10,12H2,1-2H3,(H,22,23)/b21-13-. The number of nitrogens with one attached hydrogen (secondary N) is 1. The third-order valence-corrected chi connectivity index (χ3v) is 3.58. The Bertz CT molecular complexity index is 730. The van der Waals surface area contributed by atoms with Crippen LogP contribution in [0.5, 0.6) is 11.5 Å². The average Bonchev–Trinajstić information content (AvgIpc) is 2.62. The maximum Gasteiger partial charge on any atom is 0.244 e. The second kappa shape index (κ2) is 9.69. The summed E-state index contributed by atoms with van der Waals surface area (Å²) < 4.78 is 10.9. The number of methoxy groups -OCH3 is 1. The lowest BCUT2D eigenvalue weighted by atomic mass is 10.1. The van der Waals surface area contributed by atoms with Gasteiger partial charge in [-0.1, -0.05) is 30.7 Å². The lowest BCUT2D eigenvalue weighted by molar-refractivity contribution is -0.120. The van der Waals surface area contributed by atoms with Gasteiger partial charge in [-0.2, -0.15) is 5.10 Å². The molecule has 0 saturated carbocycles. The molecule has 6 heteroatoms. The largest absolute Gasteiger partial charge is 0.493 e. The highest BCUT2D eigenvalue weighted by atomic mass is 35.5. The zero-order valence-corrected chi connectivity index (χ0v) is 15.0. The second-order valence-electron chi connectivity index (χ2n) is 5.36. The van der Waals surface area contributed by atoms with Crippen molar-refractivity contribution in [3.05, 3.63) is 58.6 Å². The van der Waals surface area contributed by atoms with Gasteiger partial charge in [-0.3, -0.25) is 4.79 Å². The maximum absolute atomic E-state index is 11.9. The lowest BCUT2D eigenvalue weighted by Crippen LogP contribution is -2.19. The van der Waals surface area contributed by atoms with Crippen molar-refractivity contribution in [1.29, 1.82) is 0 Å². The Balaban J connectivity index is 1.94. The van der Waals surface area contributed by atoms with Crippen molar-refractivity contribution in [2.75, 3.05) is 13.7 Å². The summed E-state index contributed by atoms with van der Waals surface area (Å²) in [6.45, 7) is 2.64. The third kappa shape index (κ3) is 6.12. The highest BCUT2D eigenvalue weighted by Gasteiger charge is 2.05. The Morgan fingerprint density at radius 2 is 1.96 bits per heavy atom. The molecule has 1 N–H and O–H groups in total. The molecule has 0 heterocycles. The van der Waals surface area contributed by atoms with Gasteiger partial charge in [0, 0.05) is 5.02 Å². The van der Waals surface area contributed by atoms with E-state index in [2.05, 4.69) is 10.5 Å². The van der Waals surface area contributed by atoms with Crippen molar-refractivity contribution >= 4 is 23.7 Å². The number of hydrazone groups is 1. The van der Waals surface area contributed by atoms with Gasteiger partial charge in [-0.05, 0) is 47.9 Å². The maximum atomic E-state index is 11.9. The number of nitrogens with zero attached hydrogens (tertiary/aromatic N) is 1. The molecule has 0 aromatic heterocycles. The molecule has 0 unspecified atom stereocenters. The molecular weight excluding hydrogens is 340 g/mol. The Morgan fingerprint density at radius 1 is 1.20 bits per heavy atom. The third-order valence-electron chi connectivity index (χ3n) is 3.33. The SMILES string of the molecule is CCCOc1cc(/C=N\NC(=O)Cc2ccc(Cl)cc2)ccc1OC. The Labute approximate surface area is 152 Å². The van der Waals surface area contributed by atoms with Crippen LogP contribution in [0.1, 0.15) is 24.5 Å². The van der Waals surface area contributed by atoms with Crippen LogP contribution in [-0.2, 0) is 11.2 Å². The van der Waals surface area contributed by atoms with E-state index in [1.807, 2.05) is 37.3 Å². The van der Waals surface area contributed by atoms with E-state index in [9.17, 15) is 4.79 Å². The lowest BCUT2D eigenvalue weighted by Gasteiger charge is -2.10. The number of rotatable bonds is 8.